The van der Waals surface area contributed by atoms with Gasteiger partial charge in [0.2, 0.25) is 11.8 Å². The Morgan fingerprint density at radius 2 is 1.90 bits per heavy atom. The third kappa shape index (κ3) is 3.58. The Bertz CT molecular complexity index is 1140. The Hall–Kier alpha value is -3.48. The lowest BCUT2D eigenvalue weighted by atomic mass is 10.0. The number of fused-ring (bicyclic) bond motifs is 1. The predicted molar refractivity (Wildman–Crippen MR) is 113 cm³/mol. The van der Waals surface area contributed by atoms with Gasteiger partial charge >= 0.3 is 0 Å². The molecular weight excluding hydrogens is 378 g/mol. The van der Waals surface area contributed by atoms with Gasteiger partial charge in [-0.25, -0.2) is 9.67 Å². The van der Waals surface area contributed by atoms with Crippen molar-refractivity contribution >= 4 is 17.0 Å². The van der Waals surface area contributed by atoms with Crippen LogP contribution in [-0.2, 0) is 4.79 Å². The fourth-order valence-electron chi connectivity index (χ4n) is 4.38. The third-order valence-electron chi connectivity index (χ3n) is 5.95. The maximum atomic E-state index is 11.1. The molecule has 0 spiro atoms. The van der Waals surface area contributed by atoms with Crippen molar-refractivity contribution in [2.24, 2.45) is 11.7 Å². The summed E-state index contributed by atoms with van der Waals surface area (Å²) >= 11 is 0. The van der Waals surface area contributed by atoms with Crippen LogP contribution in [-0.4, -0.2) is 25.9 Å². The van der Waals surface area contributed by atoms with E-state index in [2.05, 4.69) is 27.4 Å². The number of hydrogen-bond donors (Lipinski definition) is 1. The highest BCUT2D eigenvalue weighted by atomic mass is 16.3. The Balaban J connectivity index is 1.35. The maximum absolute atomic E-state index is 11.1. The molecule has 1 aliphatic rings. The zero-order valence-electron chi connectivity index (χ0n) is 16.6. The second-order valence-electron chi connectivity index (χ2n) is 7.97. The normalized spacial score (nSPS) is 18.8. The van der Waals surface area contributed by atoms with E-state index in [-0.39, 0.29) is 5.91 Å². The van der Waals surface area contributed by atoms with Crippen molar-refractivity contribution in [3.8, 4) is 22.7 Å². The number of amides is 1. The Morgan fingerprint density at radius 1 is 1.10 bits per heavy atom. The van der Waals surface area contributed by atoms with Crippen molar-refractivity contribution < 1.29 is 9.21 Å². The number of aromatic nitrogens is 4. The second-order valence-corrected chi connectivity index (χ2v) is 7.97. The smallest absolute Gasteiger partial charge is 0.227 e. The summed E-state index contributed by atoms with van der Waals surface area (Å²) in [6, 6.07) is 16.2. The Kier molecular flexibility index (Phi) is 4.78. The molecule has 0 radical (unpaired) electrons. The molecule has 1 amide bonds. The van der Waals surface area contributed by atoms with Crippen LogP contribution < -0.4 is 5.73 Å². The number of oxazole rings is 1. The van der Waals surface area contributed by atoms with Gasteiger partial charge in [-0.1, -0.05) is 29.5 Å². The number of rotatable bonds is 6. The number of primary amides is 1. The van der Waals surface area contributed by atoms with Crippen LogP contribution in [0.1, 0.15) is 38.1 Å². The summed E-state index contributed by atoms with van der Waals surface area (Å²) in [5, 5.41) is 8.52. The summed E-state index contributed by atoms with van der Waals surface area (Å²) in [5.74, 6) is 0.905. The Morgan fingerprint density at radius 3 is 2.70 bits per heavy atom. The largest absolute Gasteiger partial charge is 0.436 e. The van der Waals surface area contributed by atoms with Gasteiger partial charge < -0.3 is 10.2 Å². The first-order valence-electron chi connectivity index (χ1n) is 10.3. The summed E-state index contributed by atoms with van der Waals surface area (Å²) < 4.78 is 7.89. The van der Waals surface area contributed by atoms with Gasteiger partial charge in [0, 0.05) is 17.5 Å². The molecule has 1 fully saturated rings. The van der Waals surface area contributed by atoms with Crippen LogP contribution in [0.4, 0.5) is 0 Å². The molecular formula is C23H23N5O2. The molecule has 7 nitrogen and oxygen atoms in total. The zero-order chi connectivity index (χ0) is 20.5. The van der Waals surface area contributed by atoms with E-state index in [4.69, 9.17) is 10.2 Å². The molecule has 1 saturated carbocycles. The van der Waals surface area contributed by atoms with Crippen molar-refractivity contribution in [1.29, 1.82) is 0 Å². The van der Waals surface area contributed by atoms with E-state index >= 15 is 0 Å². The molecule has 0 saturated heterocycles. The quantitative estimate of drug-likeness (QED) is 0.517. The summed E-state index contributed by atoms with van der Waals surface area (Å²) in [6.45, 7) is 0. The van der Waals surface area contributed by atoms with E-state index in [1.165, 1.54) is 0 Å². The molecule has 0 aliphatic heterocycles. The summed E-state index contributed by atoms with van der Waals surface area (Å²) in [4.78, 5) is 15.6. The lowest BCUT2D eigenvalue weighted by Crippen LogP contribution is -2.13. The first-order chi connectivity index (χ1) is 14.7. The lowest BCUT2D eigenvalue weighted by molar-refractivity contribution is -0.118. The van der Waals surface area contributed by atoms with E-state index in [1.807, 2.05) is 47.3 Å². The minimum absolute atomic E-state index is 0.223. The number of nitrogens with zero attached hydrogens (tertiary/aromatic N) is 4. The SMILES string of the molecule is NC(=O)CC[C@@H]1CC[C@@H](n2nncc2-c2ccc(-c3nc4ccccc4o3)cc2)C1. The van der Waals surface area contributed by atoms with E-state index in [0.717, 1.165) is 53.6 Å². The minimum Gasteiger partial charge on any atom is -0.436 e. The first-order valence-corrected chi connectivity index (χ1v) is 10.3. The van der Waals surface area contributed by atoms with E-state index in [9.17, 15) is 4.79 Å². The number of nitrogens with two attached hydrogens (primary N) is 1. The summed E-state index contributed by atoms with van der Waals surface area (Å²) in [6.07, 6.45) is 6.26. The standard InChI is InChI=1S/C23H23N5O2/c24-22(29)12-6-15-5-11-18(13-15)28-20(14-25-27-28)16-7-9-17(10-8-16)23-26-19-3-1-2-4-21(19)30-23/h1-4,7-10,14-15,18H,5-6,11-13H2,(H2,24,29)/t15-,18+/m0/s1. The predicted octanol–water partition coefficient (Wildman–Crippen LogP) is 4.36. The molecule has 5 rings (SSSR count). The molecule has 2 aromatic heterocycles. The third-order valence-corrected chi connectivity index (χ3v) is 5.95. The topological polar surface area (TPSA) is 99.8 Å². The molecule has 2 atom stereocenters. The average molecular weight is 401 g/mol. The van der Waals surface area contributed by atoms with E-state index in [0.29, 0.717) is 24.3 Å². The van der Waals surface area contributed by atoms with Gasteiger partial charge in [0.25, 0.3) is 0 Å². The van der Waals surface area contributed by atoms with Gasteiger partial charge in [0.05, 0.1) is 17.9 Å². The molecule has 0 bridgehead atoms. The highest BCUT2D eigenvalue weighted by Crippen LogP contribution is 2.38. The van der Waals surface area contributed by atoms with Crippen LogP contribution >= 0.6 is 0 Å². The van der Waals surface area contributed by atoms with Crippen LogP contribution in [0, 0.1) is 5.92 Å². The van der Waals surface area contributed by atoms with Crippen molar-refractivity contribution in [1.82, 2.24) is 20.0 Å². The number of carbonyl (C=O) groups excluding carboxylic acids is 1. The van der Waals surface area contributed by atoms with E-state index < -0.39 is 0 Å². The molecule has 2 N–H and O–H groups in total. The Labute approximate surface area is 173 Å². The molecule has 0 unspecified atom stereocenters. The highest BCUT2D eigenvalue weighted by molar-refractivity contribution is 5.76. The number of benzene rings is 2. The van der Waals surface area contributed by atoms with Crippen LogP contribution in [0.5, 0.6) is 0 Å². The van der Waals surface area contributed by atoms with Crippen molar-refractivity contribution in [3.63, 3.8) is 0 Å². The van der Waals surface area contributed by atoms with E-state index in [1.54, 1.807) is 0 Å². The maximum Gasteiger partial charge on any atom is 0.227 e. The fourth-order valence-corrected chi connectivity index (χ4v) is 4.38. The van der Waals surface area contributed by atoms with Crippen LogP contribution in [0.2, 0.25) is 0 Å². The molecule has 1 aliphatic carbocycles. The van der Waals surface area contributed by atoms with Crippen LogP contribution in [0.3, 0.4) is 0 Å². The van der Waals surface area contributed by atoms with Crippen LogP contribution in [0.15, 0.2) is 59.1 Å². The molecule has 152 valence electrons. The summed E-state index contributed by atoms with van der Waals surface area (Å²) in [5.41, 5.74) is 9.92. The van der Waals surface area contributed by atoms with Gasteiger partial charge in [0.15, 0.2) is 5.58 Å². The summed E-state index contributed by atoms with van der Waals surface area (Å²) in [7, 11) is 0. The van der Waals surface area contributed by atoms with Gasteiger partial charge in [0.1, 0.15) is 5.52 Å². The van der Waals surface area contributed by atoms with Crippen molar-refractivity contribution in [2.75, 3.05) is 0 Å². The molecule has 7 heteroatoms. The molecule has 30 heavy (non-hydrogen) atoms. The highest BCUT2D eigenvalue weighted by Gasteiger charge is 2.28. The van der Waals surface area contributed by atoms with Crippen LogP contribution in [0.25, 0.3) is 33.8 Å². The molecule has 2 aromatic carbocycles. The number of para-hydroxylation sites is 2. The monoisotopic (exact) mass is 401 g/mol. The van der Waals surface area contributed by atoms with Crippen molar-refractivity contribution in [3.05, 3.63) is 54.7 Å². The lowest BCUT2D eigenvalue weighted by Gasteiger charge is -2.14. The number of carbonyl (C=O) groups is 1. The second kappa shape index (κ2) is 7.74. The first kappa shape index (κ1) is 18.5. The molecule has 2 heterocycles. The zero-order valence-corrected chi connectivity index (χ0v) is 16.6. The average Bonchev–Trinajstić information content (AvgIpc) is 3.51. The minimum atomic E-state index is -0.223. The molecule has 4 aromatic rings. The van der Waals surface area contributed by atoms with Gasteiger partial charge in [-0.2, -0.15) is 0 Å². The van der Waals surface area contributed by atoms with Gasteiger partial charge in [-0.3, -0.25) is 4.79 Å². The van der Waals surface area contributed by atoms with Gasteiger partial charge in [-0.15, -0.1) is 5.10 Å². The number of hydrogen-bond acceptors (Lipinski definition) is 5. The fraction of sp³-hybridized carbons (Fsp3) is 0.304. The van der Waals surface area contributed by atoms with Crippen molar-refractivity contribution in [2.45, 2.75) is 38.1 Å². The van der Waals surface area contributed by atoms with Gasteiger partial charge in [-0.05, 0) is 55.9 Å².